The smallest absolute Gasteiger partial charge is 0.343 e. The van der Waals surface area contributed by atoms with Crippen molar-refractivity contribution >= 4 is 47.8 Å². The van der Waals surface area contributed by atoms with Gasteiger partial charge in [0.05, 0.1) is 63.6 Å². The van der Waals surface area contributed by atoms with E-state index >= 15 is 0 Å². The molecule has 4 aromatic rings. The summed E-state index contributed by atoms with van der Waals surface area (Å²) in [5.74, 6) is -6.63. The number of esters is 8. The first-order valence-electron chi connectivity index (χ1n) is 21.7. The van der Waals surface area contributed by atoms with Gasteiger partial charge in [-0.2, -0.15) is 0 Å². The fraction of sp³-hybridized carbons (Fsp3) is 0.294. The molecule has 2 atom stereocenters. The molecule has 0 radical (unpaired) electrons. The Bertz CT molecular complexity index is 2340. The lowest BCUT2D eigenvalue weighted by Crippen LogP contribution is -2.23. The zero-order valence-corrected chi connectivity index (χ0v) is 37.9. The summed E-state index contributed by atoms with van der Waals surface area (Å²) >= 11 is 0. The Morgan fingerprint density at radius 1 is 0.478 bits per heavy atom. The molecule has 0 N–H and O–H groups in total. The molecule has 0 aromatic heterocycles. The van der Waals surface area contributed by atoms with Crippen LogP contribution in [0.1, 0.15) is 86.4 Å². The lowest BCUT2D eigenvalue weighted by Gasteiger charge is -2.15. The van der Waals surface area contributed by atoms with E-state index in [2.05, 4.69) is 13.2 Å². The molecule has 4 aromatic carbocycles. The Hall–Kier alpha value is -8.28. The van der Waals surface area contributed by atoms with Crippen molar-refractivity contribution < 1.29 is 85.7 Å². The SMILES string of the molecule is C=CC(=O)OCCCCOc1ccc(C(=O)Oc2ccc(OC(=O)C3CCC(C(=O)Oc4ccc(OC(=O)c5ccc(OCCCCOC(=O)C=C)cc5)cc4C(=O)OC)C3)c(C(=O)OC)c2)cc1. The molecule has 18 nitrogen and oxygen atoms in total. The number of hydrogen-bond donors (Lipinski definition) is 0. The first-order chi connectivity index (χ1) is 33.3. The number of rotatable bonds is 24. The van der Waals surface area contributed by atoms with Crippen LogP contribution in [0.25, 0.3) is 0 Å². The molecule has 1 aliphatic rings. The van der Waals surface area contributed by atoms with Crippen LogP contribution in [-0.4, -0.2) is 88.4 Å². The molecule has 0 aliphatic heterocycles. The van der Waals surface area contributed by atoms with E-state index in [0.717, 1.165) is 26.4 Å². The van der Waals surface area contributed by atoms with Crippen LogP contribution in [-0.2, 0) is 38.1 Å². The fourth-order valence-electron chi connectivity index (χ4n) is 6.61. The van der Waals surface area contributed by atoms with Crippen molar-refractivity contribution in [1.29, 1.82) is 0 Å². The van der Waals surface area contributed by atoms with Crippen LogP contribution in [0.3, 0.4) is 0 Å². The molecule has 1 fully saturated rings. The van der Waals surface area contributed by atoms with Crippen molar-refractivity contribution in [3.8, 4) is 34.5 Å². The number of hydrogen-bond acceptors (Lipinski definition) is 18. The molecule has 5 rings (SSSR count). The molecule has 362 valence electrons. The lowest BCUT2D eigenvalue weighted by atomic mass is 10.1. The molecule has 1 saturated carbocycles. The van der Waals surface area contributed by atoms with Gasteiger partial charge in [0.2, 0.25) is 0 Å². The molecule has 0 spiro atoms. The van der Waals surface area contributed by atoms with Gasteiger partial charge in [-0.25, -0.2) is 28.8 Å². The lowest BCUT2D eigenvalue weighted by molar-refractivity contribution is -0.141. The molecule has 0 amide bonds. The predicted molar refractivity (Wildman–Crippen MR) is 242 cm³/mol. The number of carbonyl (C=O) groups is 8. The summed E-state index contributed by atoms with van der Waals surface area (Å²) in [5, 5.41) is 0. The minimum atomic E-state index is -0.874. The maximum atomic E-state index is 13.4. The average Bonchev–Trinajstić information content (AvgIpc) is 3.88. The Morgan fingerprint density at radius 2 is 0.841 bits per heavy atom. The summed E-state index contributed by atoms with van der Waals surface area (Å²) in [6.07, 6.45) is 5.12. The number of carbonyl (C=O) groups excluding carboxylic acids is 8. The van der Waals surface area contributed by atoms with Crippen molar-refractivity contribution in [3.63, 3.8) is 0 Å². The fourth-order valence-corrected chi connectivity index (χ4v) is 6.61. The van der Waals surface area contributed by atoms with E-state index in [1.54, 1.807) is 24.3 Å². The first kappa shape index (κ1) is 51.7. The zero-order valence-electron chi connectivity index (χ0n) is 37.9. The van der Waals surface area contributed by atoms with E-state index in [4.69, 9.17) is 47.4 Å². The highest BCUT2D eigenvalue weighted by Gasteiger charge is 2.37. The van der Waals surface area contributed by atoms with Gasteiger partial charge in [0.25, 0.3) is 0 Å². The van der Waals surface area contributed by atoms with Crippen molar-refractivity contribution in [2.24, 2.45) is 11.8 Å². The van der Waals surface area contributed by atoms with Crippen LogP contribution >= 0.6 is 0 Å². The molecular weight excluding hydrogens is 901 g/mol. The van der Waals surface area contributed by atoms with E-state index < -0.39 is 59.6 Å². The van der Waals surface area contributed by atoms with Gasteiger partial charge < -0.3 is 47.4 Å². The monoisotopic (exact) mass is 950 g/mol. The van der Waals surface area contributed by atoms with Gasteiger partial charge in [0.1, 0.15) is 45.6 Å². The van der Waals surface area contributed by atoms with Gasteiger partial charge in [-0.15, -0.1) is 0 Å². The maximum absolute atomic E-state index is 13.4. The summed E-state index contributed by atoms with van der Waals surface area (Å²) in [7, 11) is 2.26. The number of methoxy groups -OCH3 is 2. The van der Waals surface area contributed by atoms with Gasteiger partial charge in [0, 0.05) is 12.2 Å². The normalized spacial score (nSPS) is 13.7. The Morgan fingerprint density at radius 3 is 1.20 bits per heavy atom. The van der Waals surface area contributed by atoms with Crippen molar-refractivity contribution in [3.05, 3.63) is 132 Å². The van der Waals surface area contributed by atoms with Crippen molar-refractivity contribution in [2.45, 2.75) is 44.9 Å². The largest absolute Gasteiger partial charge is 0.494 e. The van der Waals surface area contributed by atoms with E-state index in [1.165, 1.54) is 60.7 Å². The van der Waals surface area contributed by atoms with E-state index in [-0.39, 0.29) is 77.7 Å². The summed E-state index contributed by atoms with van der Waals surface area (Å²) in [4.78, 5) is 100. The van der Waals surface area contributed by atoms with Crippen LogP contribution in [0.5, 0.6) is 34.5 Å². The third-order valence-corrected chi connectivity index (χ3v) is 10.3. The second-order valence-electron chi connectivity index (χ2n) is 15.0. The quantitative estimate of drug-likeness (QED) is 0.0219. The standard InChI is InChI=1S/C51H50O18/c1-5-44(52)64-27-9-7-25-62-36-17-13-32(14-18-36)46(54)66-38-21-23-42(40(30-38)50(58)60-3)68-48(56)34-11-12-35(29-34)49(57)69-43-24-22-39(31-41(43)51(59)61-4)67-47(55)33-15-19-37(20-16-33)63-26-8-10-28-65-45(53)6-2/h5-6,13-24,30-31,34-35H,1-2,7-12,25-29H2,3-4H3. The van der Waals surface area contributed by atoms with Crippen LogP contribution in [0.2, 0.25) is 0 Å². The maximum Gasteiger partial charge on any atom is 0.343 e. The van der Waals surface area contributed by atoms with Crippen molar-refractivity contribution in [2.75, 3.05) is 40.6 Å². The minimum Gasteiger partial charge on any atom is -0.494 e. The molecule has 2 unspecified atom stereocenters. The summed E-state index contributed by atoms with van der Waals surface area (Å²) in [6, 6.07) is 20.0. The van der Waals surface area contributed by atoms with Crippen LogP contribution in [0.4, 0.5) is 0 Å². The summed E-state index contributed by atoms with van der Waals surface area (Å²) < 4.78 is 53.1. The highest BCUT2D eigenvalue weighted by molar-refractivity contribution is 5.97. The van der Waals surface area contributed by atoms with E-state index in [0.29, 0.717) is 50.4 Å². The summed E-state index contributed by atoms with van der Waals surface area (Å²) in [6.45, 7) is 7.87. The van der Waals surface area contributed by atoms with Crippen LogP contribution < -0.4 is 28.4 Å². The zero-order chi connectivity index (χ0) is 49.7. The molecule has 69 heavy (non-hydrogen) atoms. The van der Waals surface area contributed by atoms with E-state index in [1.807, 2.05) is 0 Å². The Balaban J connectivity index is 1.12. The van der Waals surface area contributed by atoms with Crippen LogP contribution in [0, 0.1) is 11.8 Å². The highest BCUT2D eigenvalue weighted by Crippen LogP contribution is 2.36. The van der Waals surface area contributed by atoms with Gasteiger partial charge in [-0.1, -0.05) is 13.2 Å². The third-order valence-electron chi connectivity index (χ3n) is 10.3. The third kappa shape index (κ3) is 15.7. The molecule has 1 aliphatic carbocycles. The average molecular weight is 951 g/mol. The van der Waals surface area contributed by atoms with Gasteiger partial charge >= 0.3 is 47.8 Å². The first-order valence-corrected chi connectivity index (χ1v) is 21.7. The molecule has 0 heterocycles. The molecule has 0 saturated heterocycles. The predicted octanol–water partition coefficient (Wildman–Crippen LogP) is 7.40. The van der Waals surface area contributed by atoms with Gasteiger partial charge in [-0.05, 0) is 130 Å². The highest BCUT2D eigenvalue weighted by atomic mass is 16.6. The summed E-state index contributed by atoms with van der Waals surface area (Å²) in [5.41, 5.74) is -0.0271. The topological polar surface area (TPSA) is 229 Å². The second kappa shape index (κ2) is 26.2. The van der Waals surface area contributed by atoms with Crippen molar-refractivity contribution in [1.82, 2.24) is 0 Å². The van der Waals surface area contributed by atoms with Crippen LogP contribution in [0.15, 0.2) is 110 Å². The number of ether oxygens (including phenoxy) is 10. The van der Waals surface area contributed by atoms with Gasteiger partial charge in [-0.3, -0.25) is 9.59 Å². The molecule has 0 bridgehead atoms. The van der Waals surface area contributed by atoms with Gasteiger partial charge in [0.15, 0.2) is 0 Å². The minimum absolute atomic E-state index is 0.0261. The molecule has 18 heteroatoms. The van der Waals surface area contributed by atoms with E-state index in [9.17, 15) is 38.4 Å². The Kier molecular flexibility index (Phi) is 19.6. The number of benzene rings is 4. The molecular formula is C51H50O18. The second-order valence-corrected chi connectivity index (χ2v) is 15.0. The number of unbranched alkanes of at least 4 members (excludes halogenated alkanes) is 2. The Labute approximate surface area is 396 Å².